The van der Waals surface area contributed by atoms with Gasteiger partial charge in [-0.15, -0.1) is 0 Å². The fourth-order valence-corrected chi connectivity index (χ4v) is 2.02. The predicted molar refractivity (Wildman–Crippen MR) is 91.4 cm³/mol. The van der Waals surface area contributed by atoms with Gasteiger partial charge in [0.25, 0.3) is 5.91 Å². The molecular formula is C17H22N4O3. The van der Waals surface area contributed by atoms with Gasteiger partial charge in [0.2, 0.25) is 5.95 Å². The monoisotopic (exact) mass is 330 g/mol. The van der Waals surface area contributed by atoms with Crippen molar-refractivity contribution in [2.24, 2.45) is 0 Å². The number of anilines is 1. The molecule has 7 heteroatoms. The summed E-state index contributed by atoms with van der Waals surface area (Å²) in [4.78, 5) is 20.1. The summed E-state index contributed by atoms with van der Waals surface area (Å²) in [7, 11) is 3.23. The first kappa shape index (κ1) is 17.7. The number of carbonyl (C=O) groups excluding carboxylic acids is 1. The summed E-state index contributed by atoms with van der Waals surface area (Å²) in [6.07, 6.45) is 3.85. The lowest BCUT2D eigenvalue weighted by Gasteiger charge is -2.07. The van der Waals surface area contributed by atoms with Crippen LogP contribution in [0.25, 0.3) is 0 Å². The highest BCUT2D eigenvalue weighted by atomic mass is 16.5. The zero-order valence-corrected chi connectivity index (χ0v) is 13.9. The number of methoxy groups -OCH3 is 2. The van der Waals surface area contributed by atoms with Crippen molar-refractivity contribution in [2.45, 2.75) is 6.42 Å². The molecule has 0 fully saturated rings. The van der Waals surface area contributed by atoms with E-state index in [0.29, 0.717) is 31.2 Å². The molecule has 128 valence electrons. The van der Waals surface area contributed by atoms with Gasteiger partial charge in [-0.05, 0) is 24.1 Å². The number of hydrogen-bond donors (Lipinski definition) is 2. The van der Waals surface area contributed by atoms with Crippen molar-refractivity contribution >= 4 is 11.9 Å². The first-order chi connectivity index (χ1) is 11.7. The van der Waals surface area contributed by atoms with E-state index < -0.39 is 0 Å². The maximum absolute atomic E-state index is 11.8. The molecule has 2 rings (SSSR count). The molecule has 0 saturated carbocycles. The van der Waals surface area contributed by atoms with E-state index in [-0.39, 0.29) is 5.91 Å². The number of nitrogens with zero attached hydrogens (tertiary/aromatic N) is 2. The molecule has 24 heavy (non-hydrogen) atoms. The molecule has 0 aliphatic rings. The van der Waals surface area contributed by atoms with Crippen LogP contribution in [0.15, 0.2) is 36.7 Å². The first-order valence-corrected chi connectivity index (χ1v) is 7.69. The first-order valence-electron chi connectivity index (χ1n) is 7.69. The molecule has 0 aliphatic carbocycles. The van der Waals surface area contributed by atoms with E-state index in [1.54, 1.807) is 14.2 Å². The molecule has 1 aromatic carbocycles. The van der Waals surface area contributed by atoms with Crippen LogP contribution in [0.1, 0.15) is 15.9 Å². The van der Waals surface area contributed by atoms with Crippen molar-refractivity contribution in [2.75, 3.05) is 39.2 Å². The van der Waals surface area contributed by atoms with Crippen LogP contribution in [0.3, 0.4) is 0 Å². The molecule has 1 heterocycles. The Kier molecular flexibility index (Phi) is 6.97. The predicted octanol–water partition coefficient (Wildman–Crippen LogP) is 1.52. The average molecular weight is 330 g/mol. The number of carbonyl (C=O) groups is 1. The second-order valence-electron chi connectivity index (χ2n) is 5.07. The number of aromatic nitrogens is 2. The largest absolute Gasteiger partial charge is 0.497 e. The van der Waals surface area contributed by atoms with E-state index in [0.717, 1.165) is 12.2 Å². The van der Waals surface area contributed by atoms with Crippen molar-refractivity contribution in [3.05, 3.63) is 47.8 Å². The topological polar surface area (TPSA) is 85.4 Å². The quantitative estimate of drug-likeness (QED) is 0.678. The fourth-order valence-electron chi connectivity index (χ4n) is 2.02. The van der Waals surface area contributed by atoms with Crippen LogP contribution < -0.4 is 15.4 Å². The summed E-state index contributed by atoms with van der Waals surface area (Å²) < 4.78 is 10.0. The van der Waals surface area contributed by atoms with Crippen molar-refractivity contribution in [3.8, 4) is 5.75 Å². The molecule has 2 aromatic rings. The normalized spacial score (nSPS) is 10.2. The van der Waals surface area contributed by atoms with Crippen molar-refractivity contribution in [1.82, 2.24) is 15.3 Å². The maximum atomic E-state index is 11.8. The van der Waals surface area contributed by atoms with Crippen LogP contribution >= 0.6 is 0 Å². The number of benzene rings is 1. The lowest BCUT2D eigenvalue weighted by molar-refractivity contribution is 0.0936. The van der Waals surface area contributed by atoms with Gasteiger partial charge < -0.3 is 20.1 Å². The van der Waals surface area contributed by atoms with E-state index >= 15 is 0 Å². The summed E-state index contributed by atoms with van der Waals surface area (Å²) >= 11 is 0. The van der Waals surface area contributed by atoms with Gasteiger partial charge in [-0.2, -0.15) is 0 Å². The average Bonchev–Trinajstić information content (AvgIpc) is 2.63. The van der Waals surface area contributed by atoms with Crippen LogP contribution in [0, 0.1) is 0 Å². The van der Waals surface area contributed by atoms with Gasteiger partial charge in [0.1, 0.15) is 5.75 Å². The van der Waals surface area contributed by atoms with Crippen molar-refractivity contribution in [3.63, 3.8) is 0 Å². The summed E-state index contributed by atoms with van der Waals surface area (Å²) in [5, 5.41) is 5.85. The molecule has 0 aliphatic heterocycles. The minimum Gasteiger partial charge on any atom is -0.497 e. The third kappa shape index (κ3) is 5.51. The molecule has 2 N–H and O–H groups in total. The van der Waals surface area contributed by atoms with Crippen molar-refractivity contribution in [1.29, 1.82) is 0 Å². The highest BCUT2D eigenvalue weighted by Crippen LogP contribution is 2.11. The molecule has 0 bridgehead atoms. The number of rotatable bonds is 9. The smallest absolute Gasteiger partial charge is 0.254 e. The highest BCUT2D eigenvalue weighted by Gasteiger charge is 2.06. The SMILES string of the molecule is COCCNC(=O)c1cnc(NCCc2ccc(OC)cc2)nc1. The molecule has 0 radical (unpaired) electrons. The van der Waals surface area contributed by atoms with Gasteiger partial charge in [0.15, 0.2) is 0 Å². The lowest BCUT2D eigenvalue weighted by Crippen LogP contribution is -2.27. The van der Waals surface area contributed by atoms with E-state index in [1.165, 1.54) is 18.0 Å². The molecule has 0 atom stereocenters. The van der Waals surface area contributed by atoms with Gasteiger partial charge in [0.05, 0.1) is 19.3 Å². The lowest BCUT2D eigenvalue weighted by atomic mass is 10.1. The molecule has 1 aromatic heterocycles. The van der Waals surface area contributed by atoms with Gasteiger partial charge >= 0.3 is 0 Å². The van der Waals surface area contributed by atoms with Crippen LogP contribution in [0.2, 0.25) is 0 Å². The molecule has 1 amide bonds. The van der Waals surface area contributed by atoms with Gasteiger partial charge in [-0.3, -0.25) is 4.79 Å². The minimum atomic E-state index is -0.211. The van der Waals surface area contributed by atoms with Gasteiger partial charge in [-0.25, -0.2) is 9.97 Å². The molecule has 0 saturated heterocycles. The summed E-state index contributed by atoms with van der Waals surface area (Å²) in [5.74, 6) is 1.13. The Morgan fingerprint density at radius 1 is 1.08 bits per heavy atom. The Hall–Kier alpha value is -2.67. The van der Waals surface area contributed by atoms with Crippen LogP contribution in [-0.2, 0) is 11.2 Å². The number of ether oxygens (including phenoxy) is 2. The second-order valence-corrected chi connectivity index (χ2v) is 5.07. The summed E-state index contributed by atoms with van der Waals surface area (Å²) in [6.45, 7) is 1.63. The zero-order valence-electron chi connectivity index (χ0n) is 13.9. The van der Waals surface area contributed by atoms with E-state index in [1.807, 2.05) is 24.3 Å². The Morgan fingerprint density at radius 3 is 2.42 bits per heavy atom. The zero-order chi connectivity index (χ0) is 17.2. The van der Waals surface area contributed by atoms with E-state index in [2.05, 4.69) is 20.6 Å². The third-order valence-electron chi connectivity index (χ3n) is 3.36. The Bertz CT molecular complexity index is 629. The van der Waals surface area contributed by atoms with E-state index in [9.17, 15) is 4.79 Å². The minimum absolute atomic E-state index is 0.211. The third-order valence-corrected chi connectivity index (χ3v) is 3.36. The standard InChI is InChI=1S/C17H22N4O3/c1-23-10-9-18-16(22)14-11-20-17(21-12-14)19-8-7-13-3-5-15(24-2)6-4-13/h3-6,11-12H,7-10H2,1-2H3,(H,18,22)(H,19,20,21). The Morgan fingerprint density at radius 2 is 1.79 bits per heavy atom. The van der Waals surface area contributed by atoms with Gasteiger partial charge in [0, 0.05) is 32.6 Å². The molecule has 0 unspecified atom stereocenters. The number of nitrogens with one attached hydrogen (secondary N) is 2. The van der Waals surface area contributed by atoms with Crippen LogP contribution in [0.5, 0.6) is 5.75 Å². The number of hydrogen-bond acceptors (Lipinski definition) is 6. The van der Waals surface area contributed by atoms with E-state index in [4.69, 9.17) is 9.47 Å². The van der Waals surface area contributed by atoms with Crippen LogP contribution in [-0.4, -0.2) is 49.8 Å². The van der Waals surface area contributed by atoms with Gasteiger partial charge in [-0.1, -0.05) is 12.1 Å². The summed E-state index contributed by atoms with van der Waals surface area (Å²) in [5.41, 5.74) is 1.62. The Labute approximate surface area is 141 Å². The maximum Gasteiger partial charge on any atom is 0.254 e. The van der Waals surface area contributed by atoms with Crippen molar-refractivity contribution < 1.29 is 14.3 Å². The Balaban J connectivity index is 1.77. The molecule has 7 nitrogen and oxygen atoms in total. The summed E-state index contributed by atoms with van der Waals surface area (Å²) in [6, 6.07) is 7.91. The molecular weight excluding hydrogens is 308 g/mol. The second kappa shape index (κ2) is 9.46. The number of amides is 1. The molecule has 0 spiro atoms. The fraction of sp³-hybridized carbons (Fsp3) is 0.353. The van der Waals surface area contributed by atoms with Crippen LogP contribution in [0.4, 0.5) is 5.95 Å². The highest BCUT2D eigenvalue weighted by molar-refractivity contribution is 5.93.